The number of hydrogen-bond acceptors (Lipinski definition) is 5. The van der Waals surface area contributed by atoms with Crippen LogP contribution in [0.4, 0.5) is 5.69 Å². The molecule has 1 saturated heterocycles. The summed E-state index contributed by atoms with van der Waals surface area (Å²) >= 11 is 0. The fourth-order valence-corrected chi connectivity index (χ4v) is 7.68. The van der Waals surface area contributed by atoms with Gasteiger partial charge < -0.3 is 9.67 Å². The van der Waals surface area contributed by atoms with Gasteiger partial charge in [0.05, 0.1) is 16.9 Å². The molecule has 0 bridgehead atoms. The summed E-state index contributed by atoms with van der Waals surface area (Å²) in [6.45, 7) is -0.269. The molecule has 10 heteroatoms. The number of carbonyl (C=O) groups is 2. The van der Waals surface area contributed by atoms with Gasteiger partial charge in [-0.2, -0.15) is 8.42 Å². The molecule has 7 rings (SSSR count). The summed E-state index contributed by atoms with van der Waals surface area (Å²) in [5, 5.41) is 9.33. The molecule has 2 N–H and O–H groups in total. The quantitative estimate of drug-likeness (QED) is 0.193. The van der Waals surface area contributed by atoms with Crippen LogP contribution in [-0.2, 0) is 21.4 Å². The van der Waals surface area contributed by atoms with Gasteiger partial charge in [-0.15, -0.1) is 0 Å². The van der Waals surface area contributed by atoms with Crippen molar-refractivity contribution in [1.82, 2.24) is 14.3 Å². The SMILES string of the molecule is O=C1CN(c2ccc(-n3cc(-c4ccc(C(=O)O)cc4)nc3Cc3ccc(-c4ccc(C5CCCCC5)cc4)cc3)cc2)S(=O)(=O)N1. The number of benzene rings is 4. The third-order valence-electron chi connectivity index (χ3n) is 9.08. The van der Waals surface area contributed by atoms with Crippen molar-refractivity contribution in [2.45, 2.75) is 44.4 Å². The number of anilines is 1. The zero-order valence-electron chi connectivity index (χ0n) is 25.7. The van der Waals surface area contributed by atoms with E-state index in [2.05, 4.69) is 48.5 Å². The van der Waals surface area contributed by atoms with Crippen LogP contribution in [0.3, 0.4) is 0 Å². The van der Waals surface area contributed by atoms with Crippen molar-refractivity contribution in [3.8, 4) is 28.1 Å². The van der Waals surface area contributed by atoms with Crippen LogP contribution in [0.25, 0.3) is 28.1 Å². The van der Waals surface area contributed by atoms with E-state index in [4.69, 9.17) is 4.98 Å². The van der Waals surface area contributed by atoms with Crippen LogP contribution < -0.4 is 9.03 Å². The summed E-state index contributed by atoms with van der Waals surface area (Å²) in [6, 6.07) is 30.9. The van der Waals surface area contributed by atoms with Crippen LogP contribution in [0.15, 0.2) is 103 Å². The van der Waals surface area contributed by atoms with Gasteiger partial charge in [0, 0.05) is 23.9 Å². The first-order valence-corrected chi connectivity index (χ1v) is 17.2. The fourth-order valence-electron chi connectivity index (χ4n) is 6.53. The Bertz CT molecular complexity index is 2030. The number of rotatable bonds is 8. The van der Waals surface area contributed by atoms with Gasteiger partial charge in [-0.05, 0) is 77.4 Å². The Balaban J connectivity index is 1.16. The Morgan fingerprint density at radius 3 is 1.98 bits per heavy atom. The minimum Gasteiger partial charge on any atom is -0.478 e. The van der Waals surface area contributed by atoms with Crippen LogP contribution in [0.5, 0.6) is 0 Å². The van der Waals surface area contributed by atoms with Crippen molar-refractivity contribution < 1.29 is 23.1 Å². The first-order chi connectivity index (χ1) is 22.7. The van der Waals surface area contributed by atoms with Gasteiger partial charge >= 0.3 is 16.2 Å². The molecule has 1 aliphatic heterocycles. The zero-order valence-corrected chi connectivity index (χ0v) is 26.5. The molecule has 2 heterocycles. The van der Waals surface area contributed by atoms with Gasteiger partial charge in [-0.1, -0.05) is 79.9 Å². The summed E-state index contributed by atoms with van der Waals surface area (Å²) in [5.41, 5.74) is 7.60. The molecule has 4 aromatic carbocycles. The Labute approximate surface area is 273 Å². The van der Waals surface area contributed by atoms with Crippen molar-refractivity contribution >= 4 is 27.8 Å². The summed E-state index contributed by atoms with van der Waals surface area (Å²) in [6.07, 6.45) is 8.96. The predicted octanol–water partition coefficient (Wildman–Crippen LogP) is 6.72. The lowest BCUT2D eigenvalue weighted by atomic mass is 9.83. The van der Waals surface area contributed by atoms with E-state index in [1.807, 2.05) is 15.5 Å². The number of aromatic nitrogens is 2. The van der Waals surface area contributed by atoms with Gasteiger partial charge in [0.2, 0.25) is 0 Å². The number of imidazole rings is 1. The molecule has 5 aromatic rings. The molecule has 238 valence electrons. The number of carboxylic acids is 1. The van der Waals surface area contributed by atoms with E-state index in [0.29, 0.717) is 23.7 Å². The van der Waals surface area contributed by atoms with Crippen molar-refractivity contribution in [2.24, 2.45) is 0 Å². The van der Waals surface area contributed by atoms with E-state index in [1.54, 1.807) is 48.5 Å². The standard InChI is InChI=1S/C37H34N4O5S/c42-36-24-41(47(45,46)39-36)33-20-18-32(19-21-33)40-23-34(30-14-16-31(17-15-30)37(43)44)38-35(40)22-25-6-8-27(9-7-25)29-12-10-28(11-13-29)26-4-2-1-3-5-26/h6-21,23,26H,1-5,22,24H2,(H,39,42)(H,43,44). The normalized spacial score (nSPS) is 16.3. The summed E-state index contributed by atoms with van der Waals surface area (Å²) in [5.74, 6) is -0.143. The van der Waals surface area contributed by atoms with E-state index in [1.165, 1.54) is 43.2 Å². The molecule has 9 nitrogen and oxygen atoms in total. The molecule has 0 spiro atoms. The van der Waals surface area contributed by atoms with Gasteiger partial charge in [0.1, 0.15) is 12.4 Å². The lowest BCUT2D eigenvalue weighted by Crippen LogP contribution is -2.29. The Hall–Kier alpha value is -5.22. The highest BCUT2D eigenvalue weighted by Crippen LogP contribution is 2.34. The number of carbonyl (C=O) groups excluding carboxylic acids is 1. The van der Waals surface area contributed by atoms with E-state index >= 15 is 0 Å². The summed E-state index contributed by atoms with van der Waals surface area (Å²) < 4.78 is 29.7. The highest BCUT2D eigenvalue weighted by Gasteiger charge is 2.34. The molecule has 47 heavy (non-hydrogen) atoms. The molecule has 0 unspecified atom stereocenters. The van der Waals surface area contributed by atoms with Crippen LogP contribution >= 0.6 is 0 Å². The van der Waals surface area contributed by atoms with E-state index < -0.39 is 22.1 Å². The van der Waals surface area contributed by atoms with E-state index in [0.717, 1.165) is 32.5 Å². The molecule has 2 fully saturated rings. The zero-order chi connectivity index (χ0) is 32.5. The second kappa shape index (κ2) is 12.5. The maximum absolute atomic E-state index is 12.3. The smallest absolute Gasteiger partial charge is 0.335 e. The highest BCUT2D eigenvalue weighted by molar-refractivity contribution is 7.92. The van der Waals surface area contributed by atoms with Crippen LogP contribution in [0, 0.1) is 0 Å². The van der Waals surface area contributed by atoms with E-state index in [-0.39, 0.29) is 12.1 Å². The van der Waals surface area contributed by atoms with Crippen molar-refractivity contribution in [2.75, 3.05) is 10.8 Å². The predicted molar refractivity (Wildman–Crippen MR) is 181 cm³/mol. The minimum atomic E-state index is -3.92. The lowest BCUT2D eigenvalue weighted by Gasteiger charge is -2.22. The Morgan fingerprint density at radius 1 is 0.787 bits per heavy atom. The average Bonchev–Trinajstić information content (AvgIpc) is 3.64. The minimum absolute atomic E-state index is 0.192. The molecule has 0 radical (unpaired) electrons. The number of nitrogens with one attached hydrogen (secondary N) is 1. The first kappa shape index (κ1) is 30.4. The molecule has 1 amide bonds. The number of aromatic carboxylic acids is 1. The number of nitrogens with zero attached hydrogens (tertiary/aromatic N) is 3. The average molecular weight is 647 g/mol. The molecule has 2 aliphatic rings. The second-order valence-corrected chi connectivity index (χ2v) is 13.8. The number of hydrogen-bond donors (Lipinski definition) is 2. The van der Waals surface area contributed by atoms with Crippen LogP contribution in [0.2, 0.25) is 0 Å². The van der Waals surface area contributed by atoms with Crippen LogP contribution in [-0.4, -0.2) is 41.5 Å². The van der Waals surface area contributed by atoms with Crippen molar-refractivity contribution in [3.63, 3.8) is 0 Å². The third kappa shape index (κ3) is 6.41. The largest absolute Gasteiger partial charge is 0.478 e. The molecule has 1 aromatic heterocycles. The second-order valence-electron chi connectivity index (χ2n) is 12.2. The maximum atomic E-state index is 12.3. The third-order valence-corrected chi connectivity index (χ3v) is 10.5. The maximum Gasteiger partial charge on any atom is 0.335 e. The van der Waals surface area contributed by atoms with Gasteiger partial charge in [-0.3, -0.25) is 4.79 Å². The fraction of sp³-hybridized carbons (Fsp3) is 0.216. The topological polar surface area (TPSA) is 122 Å². The summed E-state index contributed by atoms with van der Waals surface area (Å²) in [4.78, 5) is 28.1. The monoisotopic (exact) mass is 646 g/mol. The van der Waals surface area contributed by atoms with Gasteiger partial charge in [-0.25, -0.2) is 18.8 Å². The van der Waals surface area contributed by atoms with Crippen molar-refractivity contribution in [1.29, 1.82) is 0 Å². The molecule has 1 aliphatic carbocycles. The molecule has 0 atom stereocenters. The Morgan fingerprint density at radius 2 is 1.38 bits per heavy atom. The highest BCUT2D eigenvalue weighted by atomic mass is 32.2. The molecular weight excluding hydrogens is 612 g/mol. The molecule has 1 saturated carbocycles. The van der Waals surface area contributed by atoms with Gasteiger partial charge in [0.15, 0.2) is 0 Å². The van der Waals surface area contributed by atoms with Crippen molar-refractivity contribution in [3.05, 3.63) is 126 Å². The number of carboxylic acid groups (broad SMARTS) is 1. The summed E-state index contributed by atoms with van der Waals surface area (Å²) in [7, 11) is -3.92. The molecular formula is C37H34N4O5S. The number of amides is 1. The van der Waals surface area contributed by atoms with Gasteiger partial charge in [0.25, 0.3) is 5.91 Å². The van der Waals surface area contributed by atoms with Crippen LogP contribution in [0.1, 0.15) is 65.3 Å². The van der Waals surface area contributed by atoms with E-state index in [9.17, 15) is 23.1 Å². The first-order valence-electron chi connectivity index (χ1n) is 15.8. The Kier molecular flexibility index (Phi) is 8.11. The lowest BCUT2D eigenvalue weighted by molar-refractivity contribution is -0.117.